The van der Waals surface area contributed by atoms with Crippen LogP contribution in [0.4, 0.5) is 0 Å². The minimum atomic E-state index is -0.205. The summed E-state index contributed by atoms with van der Waals surface area (Å²) in [5.41, 5.74) is 1.69. The van der Waals surface area contributed by atoms with E-state index in [0.717, 1.165) is 17.3 Å². The summed E-state index contributed by atoms with van der Waals surface area (Å²) in [6.45, 7) is 2.29. The van der Waals surface area contributed by atoms with Gasteiger partial charge >= 0.3 is 0 Å². The van der Waals surface area contributed by atoms with Crippen LogP contribution in [-0.2, 0) is 5.75 Å². The Hall–Kier alpha value is -2.67. The maximum atomic E-state index is 12.6. The number of amides is 1. The number of ether oxygens (including phenoxy) is 1. The van der Waals surface area contributed by atoms with Gasteiger partial charge in [0, 0.05) is 12.3 Å². The fraction of sp³-hybridized carbons (Fsp3) is 0.263. The van der Waals surface area contributed by atoms with Gasteiger partial charge in [0.2, 0.25) is 0 Å². The zero-order valence-corrected chi connectivity index (χ0v) is 15.5. The van der Waals surface area contributed by atoms with Crippen LogP contribution in [0.1, 0.15) is 21.8 Å². The molecule has 0 atom stereocenters. The van der Waals surface area contributed by atoms with Gasteiger partial charge < -0.3 is 19.0 Å². The number of thioether (sulfide) groups is 1. The molecule has 1 N–H and O–H groups in total. The summed E-state index contributed by atoms with van der Waals surface area (Å²) in [6, 6.07) is 11.2. The average Bonchev–Trinajstić information content (AvgIpc) is 3.30. The van der Waals surface area contributed by atoms with Crippen molar-refractivity contribution in [3.63, 3.8) is 0 Å². The van der Waals surface area contributed by atoms with Crippen molar-refractivity contribution in [2.24, 2.45) is 0 Å². The SMILES string of the molecule is COc1ccccc1-c1onc(C)c1C(=O)NCCSCc1ccco1. The molecular formula is C19H20N2O4S. The molecule has 1 amide bonds. The molecule has 0 aliphatic rings. The second-order valence-electron chi connectivity index (χ2n) is 5.56. The van der Waals surface area contributed by atoms with Crippen molar-refractivity contribution < 1.29 is 18.5 Å². The predicted octanol–water partition coefficient (Wildman–Crippen LogP) is 3.91. The van der Waals surface area contributed by atoms with Crippen LogP contribution in [-0.4, -0.2) is 30.5 Å². The van der Waals surface area contributed by atoms with E-state index in [1.54, 1.807) is 32.1 Å². The molecule has 6 nitrogen and oxygen atoms in total. The van der Waals surface area contributed by atoms with Gasteiger partial charge in [-0.2, -0.15) is 11.8 Å². The van der Waals surface area contributed by atoms with E-state index in [2.05, 4.69) is 10.5 Å². The molecule has 2 heterocycles. The van der Waals surface area contributed by atoms with Crippen LogP contribution in [0.25, 0.3) is 11.3 Å². The fourth-order valence-corrected chi connectivity index (χ4v) is 3.30. The zero-order valence-electron chi connectivity index (χ0n) is 14.7. The first-order valence-electron chi connectivity index (χ1n) is 8.18. The van der Waals surface area contributed by atoms with Crippen LogP contribution in [0.3, 0.4) is 0 Å². The summed E-state index contributed by atoms with van der Waals surface area (Å²) in [5, 5.41) is 6.88. The van der Waals surface area contributed by atoms with E-state index in [9.17, 15) is 4.79 Å². The van der Waals surface area contributed by atoms with E-state index >= 15 is 0 Å². The normalized spacial score (nSPS) is 10.7. The lowest BCUT2D eigenvalue weighted by atomic mass is 10.1. The molecule has 0 aliphatic heterocycles. The van der Waals surface area contributed by atoms with Crippen LogP contribution >= 0.6 is 11.8 Å². The molecule has 0 aliphatic carbocycles. The standard InChI is InChI=1S/C19H20N2O4S/c1-13-17(18(25-21-13)15-7-3-4-8-16(15)23-2)19(22)20-9-11-26-12-14-6-5-10-24-14/h3-8,10H,9,11-12H2,1-2H3,(H,20,22). The Kier molecular flexibility index (Phi) is 6.01. The summed E-state index contributed by atoms with van der Waals surface area (Å²) in [4.78, 5) is 12.6. The molecule has 26 heavy (non-hydrogen) atoms. The molecule has 3 rings (SSSR count). The van der Waals surface area contributed by atoms with Crippen molar-refractivity contribution in [3.05, 3.63) is 59.7 Å². The largest absolute Gasteiger partial charge is 0.496 e. The third kappa shape index (κ3) is 4.11. The molecule has 0 bridgehead atoms. The number of carbonyl (C=O) groups is 1. The molecule has 2 aromatic heterocycles. The smallest absolute Gasteiger partial charge is 0.257 e. The highest BCUT2D eigenvalue weighted by molar-refractivity contribution is 7.98. The van der Waals surface area contributed by atoms with Crippen molar-refractivity contribution in [3.8, 4) is 17.1 Å². The molecule has 3 aromatic rings. The van der Waals surface area contributed by atoms with Gasteiger partial charge in [0.1, 0.15) is 17.1 Å². The van der Waals surface area contributed by atoms with Gasteiger partial charge in [0.05, 0.1) is 30.4 Å². The number of methoxy groups -OCH3 is 1. The topological polar surface area (TPSA) is 77.5 Å². The molecule has 0 spiro atoms. The molecule has 0 radical (unpaired) electrons. The Balaban J connectivity index is 1.63. The molecule has 0 fully saturated rings. The number of rotatable bonds is 8. The maximum Gasteiger partial charge on any atom is 0.257 e. The fourth-order valence-electron chi connectivity index (χ4n) is 2.55. The molecule has 136 valence electrons. The lowest BCUT2D eigenvalue weighted by Crippen LogP contribution is -2.26. The predicted molar refractivity (Wildman–Crippen MR) is 100 cm³/mol. The third-order valence-corrected chi connectivity index (χ3v) is 4.78. The first-order chi connectivity index (χ1) is 12.7. The second kappa shape index (κ2) is 8.62. The summed E-state index contributed by atoms with van der Waals surface area (Å²) in [7, 11) is 1.58. The Morgan fingerprint density at radius 2 is 2.12 bits per heavy atom. The molecular weight excluding hydrogens is 352 g/mol. The van der Waals surface area contributed by atoms with E-state index in [1.807, 2.05) is 36.4 Å². The number of carbonyl (C=O) groups excluding carboxylic acids is 1. The number of hydrogen-bond donors (Lipinski definition) is 1. The van der Waals surface area contributed by atoms with Gasteiger partial charge in [-0.1, -0.05) is 17.3 Å². The minimum absolute atomic E-state index is 0.205. The Bertz CT molecular complexity index is 858. The van der Waals surface area contributed by atoms with Crippen LogP contribution in [0.5, 0.6) is 5.75 Å². The third-order valence-electron chi connectivity index (χ3n) is 3.80. The quantitative estimate of drug-likeness (QED) is 0.604. The molecule has 0 unspecified atom stereocenters. The summed E-state index contributed by atoms with van der Waals surface area (Å²) >= 11 is 1.69. The summed E-state index contributed by atoms with van der Waals surface area (Å²) in [6.07, 6.45) is 1.66. The number of aryl methyl sites for hydroxylation is 1. The van der Waals surface area contributed by atoms with Gasteiger partial charge in [0.15, 0.2) is 5.76 Å². The summed E-state index contributed by atoms with van der Waals surface area (Å²) < 4.78 is 16.1. The highest BCUT2D eigenvalue weighted by atomic mass is 32.2. The van der Waals surface area contributed by atoms with E-state index in [-0.39, 0.29) is 5.91 Å². The zero-order chi connectivity index (χ0) is 18.4. The first-order valence-corrected chi connectivity index (χ1v) is 9.34. The maximum absolute atomic E-state index is 12.6. The number of aromatic nitrogens is 1. The number of furan rings is 1. The number of benzene rings is 1. The lowest BCUT2D eigenvalue weighted by molar-refractivity contribution is 0.0956. The second-order valence-corrected chi connectivity index (χ2v) is 6.67. The molecule has 0 saturated heterocycles. The van der Waals surface area contributed by atoms with Crippen LogP contribution in [0.15, 0.2) is 51.6 Å². The van der Waals surface area contributed by atoms with Crippen LogP contribution < -0.4 is 10.1 Å². The van der Waals surface area contributed by atoms with E-state index in [4.69, 9.17) is 13.7 Å². The van der Waals surface area contributed by atoms with Crippen molar-refractivity contribution in [1.29, 1.82) is 0 Å². The van der Waals surface area contributed by atoms with Crippen molar-refractivity contribution in [2.75, 3.05) is 19.4 Å². The molecule has 1 aromatic carbocycles. The highest BCUT2D eigenvalue weighted by Gasteiger charge is 2.23. The van der Waals surface area contributed by atoms with E-state index < -0.39 is 0 Å². The van der Waals surface area contributed by atoms with Gasteiger partial charge in [0.25, 0.3) is 5.91 Å². The van der Waals surface area contributed by atoms with Crippen molar-refractivity contribution in [1.82, 2.24) is 10.5 Å². The number of hydrogen-bond acceptors (Lipinski definition) is 6. The van der Waals surface area contributed by atoms with Crippen LogP contribution in [0.2, 0.25) is 0 Å². The van der Waals surface area contributed by atoms with Gasteiger partial charge in [-0.3, -0.25) is 4.79 Å². The lowest BCUT2D eigenvalue weighted by Gasteiger charge is -2.08. The van der Waals surface area contributed by atoms with E-state index in [0.29, 0.717) is 34.9 Å². The van der Waals surface area contributed by atoms with Crippen molar-refractivity contribution in [2.45, 2.75) is 12.7 Å². The van der Waals surface area contributed by atoms with E-state index in [1.165, 1.54) is 0 Å². The monoisotopic (exact) mass is 372 g/mol. The Morgan fingerprint density at radius 3 is 2.88 bits per heavy atom. The number of nitrogens with zero attached hydrogens (tertiary/aromatic N) is 1. The van der Waals surface area contributed by atoms with Gasteiger partial charge in [-0.05, 0) is 31.2 Å². The van der Waals surface area contributed by atoms with Crippen molar-refractivity contribution >= 4 is 17.7 Å². The number of para-hydroxylation sites is 1. The Labute approximate surface area is 155 Å². The summed E-state index contributed by atoms with van der Waals surface area (Å²) in [5.74, 6) is 3.33. The first kappa shape index (κ1) is 18.1. The molecule has 0 saturated carbocycles. The average molecular weight is 372 g/mol. The van der Waals surface area contributed by atoms with Crippen LogP contribution in [0, 0.1) is 6.92 Å². The Morgan fingerprint density at radius 1 is 1.27 bits per heavy atom. The highest BCUT2D eigenvalue weighted by Crippen LogP contribution is 2.33. The number of nitrogens with one attached hydrogen (secondary N) is 1. The van der Waals surface area contributed by atoms with Gasteiger partial charge in [-0.25, -0.2) is 0 Å². The minimum Gasteiger partial charge on any atom is -0.496 e. The molecule has 7 heteroatoms. The van der Waals surface area contributed by atoms with Gasteiger partial charge in [-0.15, -0.1) is 0 Å².